The van der Waals surface area contributed by atoms with E-state index in [-0.39, 0.29) is 23.1 Å². The van der Waals surface area contributed by atoms with Gasteiger partial charge < -0.3 is 5.32 Å². The first kappa shape index (κ1) is 18.3. The molecule has 1 atom stereocenters. The van der Waals surface area contributed by atoms with Gasteiger partial charge in [-0.15, -0.1) is 0 Å². The van der Waals surface area contributed by atoms with Crippen LogP contribution in [0.1, 0.15) is 28.2 Å². The molecule has 2 aliphatic heterocycles. The van der Waals surface area contributed by atoms with Gasteiger partial charge in [0.05, 0.1) is 17.4 Å². The average molecular weight is 388 g/mol. The monoisotopic (exact) mass is 388 g/mol. The Morgan fingerprint density at radius 2 is 2.00 bits per heavy atom. The zero-order chi connectivity index (χ0) is 20.1. The minimum atomic E-state index is -4.47. The van der Waals surface area contributed by atoms with E-state index >= 15 is 0 Å². The van der Waals surface area contributed by atoms with Gasteiger partial charge in [-0.05, 0) is 43.3 Å². The van der Waals surface area contributed by atoms with E-state index < -0.39 is 22.9 Å². The first-order valence-electron chi connectivity index (χ1n) is 8.55. The number of hydrogen-bond donors (Lipinski definition) is 1. The Labute approximate surface area is 158 Å². The largest absolute Gasteiger partial charge is 0.416 e. The van der Waals surface area contributed by atoms with E-state index in [0.29, 0.717) is 25.2 Å². The molecule has 0 bridgehead atoms. The Bertz CT molecular complexity index is 980. The maximum atomic E-state index is 13.3. The fourth-order valence-electron chi connectivity index (χ4n) is 3.62. The number of carbonyl (C=O) groups is 2. The third-order valence-electron chi connectivity index (χ3n) is 5.08. The number of halogens is 3. The lowest BCUT2D eigenvalue weighted by molar-refractivity contribution is -0.137. The third kappa shape index (κ3) is 2.62. The Hall–Kier alpha value is -3.07. The number of carbonyl (C=O) groups excluding carboxylic acids is 2. The Morgan fingerprint density at radius 3 is 2.57 bits per heavy atom. The molecule has 4 rings (SSSR count). The highest BCUT2D eigenvalue weighted by Gasteiger charge is 2.55. The van der Waals surface area contributed by atoms with Crippen molar-refractivity contribution >= 4 is 23.2 Å². The van der Waals surface area contributed by atoms with Crippen LogP contribution >= 0.6 is 0 Å². The molecule has 1 saturated heterocycles. The van der Waals surface area contributed by atoms with Crippen LogP contribution in [0.5, 0.6) is 0 Å². The fourth-order valence-corrected chi connectivity index (χ4v) is 3.62. The maximum absolute atomic E-state index is 13.3. The predicted octanol–water partition coefficient (Wildman–Crippen LogP) is 2.77. The lowest BCUT2D eigenvalue weighted by atomic mass is 9.84. The number of anilines is 2. The summed E-state index contributed by atoms with van der Waals surface area (Å²) in [6.07, 6.45) is -1.66. The summed E-state index contributed by atoms with van der Waals surface area (Å²) in [5, 5.41) is 3.12. The average Bonchev–Trinajstić information content (AvgIpc) is 3.26. The van der Waals surface area contributed by atoms with Crippen LogP contribution in [0.3, 0.4) is 0 Å². The summed E-state index contributed by atoms with van der Waals surface area (Å²) >= 11 is 0. The molecule has 1 spiro atoms. The van der Waals surface area contributed by atoms with E-state index in [1.165, 1.54) is 23.2 Å². The number of allylic oxidation sites excluding steroid dienone is 1. The predicted molar refractivity (Wildman–Crippen MR) is 94.3 cm³/mol. The number of hydrogen-bond acceptors (Lipinski definition) is 5. The number of alkyl halides is 3. The molecule has 0 saturated carbocycles. The molecule has 144 valence electrons. The van der Waals surface area contributed by atoms with Crippen molar-refractivity contribution in [1.29, 1.82) is 0 Å². The summed E-state index contributed by atoms with van der Waals surface area (Å²) in [7, 11) is 0. The number of rotatable bonds is 3. The molecular formula is C19H15F3N4O2. The van der Waals surface area contributed by atoms with Gasteiger partial charge in [0.1, 0.15) is 16.8 Å². The Morgan fingerprint density at radius 1 is 1.29 bits per heavy atom. The first-order chi connectivity index (χ1) is 13.3. The van der Waals surface area contributed by atoms with E-state index in [2.05, 4.69) is 21.9 Å². The van der Waals surface area contributed by atoms with E-state index in [9.17, 15) is 22.8 Å². The van der Waals surface area contributed by atoms with Crippen LogP contribution in [0.2, 0.25) is 0 Å². The molecule has 0 aliphatic carbocycles. The van der Waals surface area contributed by atoms with Crippen molar-refractivity contribution in [2.45, 2.75) is 18.0 Å². The van der Waals surface area contributed by atoms with E-state index in [0.717, 1.165) is 18.2 Å². The molecule has 1 N–H and O–H groups in total. The Kier molecular flexibility index (Phi) is 4.07. The summed E-state index contributed by atoms with van der Waals surface area (Å²) in [5.74, 6) is -0.513. The second-order valence-corrected chi connectivity index (χ2v) is 6.69. The van der Waals surface area contributed by atoms with Crippen LogP contribution in [-0.2, 0) is 16.4 Å². The first-order valence-corrected chi connectivity index (χ1v) is 8.55. The van der Waals surface area contributed by atoms with Crippen LogP contribution in [0.15, 0.2) is 43.1 Å². The summed E-state index contributed by atoms with van der Waals surface area (Å²) < 4.78 is 38.6. The minimum Gasteiger partial charge on any atom is -0.315 e. The summed E-state index contributed by atoms with van der Waals surface area (Å²) in [5.41, 5.74) is -1.11. The normalized spacial score (nSPS) is 21.2. The van der Waals surface area contributed by atoms with Gasteiger partial charge in [-0.25, -0.2) is 9.97 Å². The summed E-state index contributed by atoms with van der Waals surface area (Å²) in [4.78, 5) is 35.1. The van der Waals surface area contributed by atoms with Crippen molar-refractivity contribution in [3.63, 3.8) is 0 Å². The second-order valence-electron chi connectivity index (χ2n) is 6.69. The molecule has 2 aromatic rings. The maximum Gasteiger partial charge on any atom is 0.416 e. The van der Waals surface area contributed by atoms with Gasteiger partial charge >= 0.3 is 6.18 Å². The zero-order valence-electron chi connectivity index (χ0n) is 14.6. The van der Waals surface area contributed by atoms with Gasteiger partial charge in [0.2, 0.25) is 11.7 Å². The number of ketones is 1. The molecule has 1 aromatic heterocycles. The number of nitrogens with zero attached hydrogens (tertiary/aromatic N) is 3. The second kappa shape index (κ2) is 6.23. The quantitative estimate of drug-likeness (QED) is 0.647. The molecule has 6 nitrogen and oxygen atoms in total. The van der Waals surface area contributed by atoms with Crippen molar-refractivity contribution in [3.05, 3.63) is 60.1 Å². The van der Waals surface area contributed by atoms with Crippen molar-refractivity contribution in [2.75, 3.05) is 18.0 Å². The summed E-state index contributed by atoms with van der Waals surface area (Å²) in [6, 6.07) is 4.30. The van der Waals surface area contributed by atoms with Crippen LogP contribution in [0.4, 0.5) is 24.7 Å². The van der Waals surface area contributed by atoms with Crippen LogP contribution in [0, 0.1) is 0 Å². The molecule has 1 unspecified atom stereocenters. The number of benzene rings is 1. The smallest absolute Gasteiger partial charge is 0.315 e. The van der Waals surface area contributed by atoms with E-state index in [4.69, 9.17) is 0 Å². The van der Waals surface area contributed by atoms with Crippen molar-refractivity contribution in [1.82, 2.24) is 15.3 Å². The molecular weight excluding hydrogens is 373 g/mol. The Balaban J connectivity index is 1.84. The molecule has 3 heterocycles. The zero-order valence-corrected chi connectivity index (χ0v) is 14.6. The van der Waals surface area contributed by atoms with E-state index in [1.807, 2.05) is 0 Å². The lowest BCUT2D eigenvalue weighted by Crippen LogP contribution is -2.40. The SMILES string of the molecule is C=CC(=O)c1cnc2c(n1)C1(CCNC1)C(=O)N2c1ccc(C(F)(F)F)cc1. The molecule has 28 heavy (non-hydrogen) atoms. The molecule has 1 fully saturated rings. The summed E-state index contributed by atoms with van der Waals surface area (Å²) in [6.45, 7) is 4.32. The molecule has 9 heteroatoms. The molecule has 0 radical (unpaired) electrons. The van der Waals surface area contributed by atoms with Gasteiger partial charge in [-0.3, -0.25) is 14.5 Å². The topological polar surface area (TPSA) is 75.2 Å². The highest BCUT2D eigenvalue weighted by Crippen LogP contribution is 2.46. The highest BCUT2D eigenvalue weighted by atomic mass is 19.4. The highest BCUT2D eigenvalue weighted by molar-refractivity contribution is 6.12. The standard InChI is InChI=1S/C19H15F3N4O2/c1-2-14(27)13-9-24-16-15(25-13)18(7-8-23-10-18)17(28)26(16)12-5-3-11(4-6-12)19(20,21)22/h2-6,9,23H,1,7-8,10H2. The van der Waals surface area contributed by atoms with Gasteiger partial charge in [0.15, 0.2) is 5.82 Å². The molecule has 1 amide bonds. The molecule has 2 aliphatic rings. The van der Waals surface area contributed by atoms with Gasteiger partial charge in [-0.2, -0.15) is 13.2 Å². The van der Waals surface area contributed by atoms with Gasteiger partial charge in [-0.1, -0.05) is 6.58 Å². The lowest BCUT2D eigenvalue weighted by Gasteiger charge is -2.22. The fraction of sp³-hybridized carbons (Fsp3) is 0.263. The minimum absolute atomic E-state index is 0.0714. The van der Waals surface area contributed by atoms with Crippen molar-refractivity contribution in [2.24, 2.45) is 0 Å². The van der Waals surface area contributed by atoms with Gasteiger partial charge in [0, 0.05) is 6.54 Å². The number of nitrogens with one attached hydrogen (secondary N) is 1. The van der Waals surface area contributed by atoms with Crippen LogP contribution < -0.4 is 10.2 Å². The number of fused-ring (bicyclic) bond motifs is 2. The van der Waals surface area contributed by atoms with Gasteiger partial charge in [0.25, 0.3) is 0 Å². The third-order valence-corrected chi connectivity index (χ3v) is 5.08. The number of aromatic nitrogens is 2. The van der Waals surface area contributed by atoms with Crippen molar-refractivity contribution < 1.29 is 22.8 Å². The van der Waals surface area contributed by atoms with Crippen molar-refractivity contribution in [3.8, 4) is 0 Å². The number of amides is 1. The molecule has 1 aromatic carbocycles. The van der Waals surface area contributed by atoms with E-state index in [1.54, 1.807) is 0 Å². The van der Waals surface area contributed by atoms with Crippen LogP contribution in [0.25, 0.3) is 0 Å². The van der Waals surface area contributed by atoms with Crippen LogP contribution in [-0.4, -0.2) is 34.7 Å².